The van der Waals surface area contributed by atoms with Crippen LogP contribution >= 0.6 is 55.1 Å². The normalized spacial score (nSPS) is 10.4. The zero-order valence-electron chi connectivity index (χ0n) is 9.18. The van der Waals surface area contributed by atoms with Crippen molar-refractivity contribution < 1.29 is 0 Å². The molecule has 2 aromatic carbocycles. The molecule has 5 heteroatoms. The Morgan fingerprint density at radius 2 is 1.72 bits per heavy atom. The quantitative estimate of drug-likeness (QED) is 0.642. The van der Waals surface area contributed by atoms with Gasteiger partial charge in [0.1, 0.15) is 0 Å². The maximum atomic E-state index is 5.96. The SMILES string of the molecule is Clc1ccc(Br)c(NCc2ccc(Cl)c(Br)c2)c1. The molecule has 94 valence electrons. The molecule has 2 aromatic rings. The Kier molecular flexibility index (Phi) is 4.96. The second kappa shape index (κ2) is 6.29. The molecule has 0 amide bonds. The van der Waals surface area contributed by atoms with Crippen LogP contribution in [-0.4, -0.2) is 0 Å². The van der Waals surface area contributed by atoms with Crippen molar-refractivity contribution in [3.8, 4) is 0 Å². The lowest BCUT2D eigenvalue weighted by atomic mass is 10.2. The number of nitrogens with one attached hydrogen (secondary N) is 1. The highest BCUT2D eigenvalue weighted by Gasteiger charge is 2.02. The molecular formula is C13H9Br2Cl2N. The summed E-state index contributed by atoms with van der Waals surface area (Å²) < 4.78 is 1.88. The predicted octanol–water partition coefficient (Wildman–Crippen LogP) is 6.13. The number of benzene rings is 2. The second-order valence-electron chi connectivity index (χ2n) is 3.73. The van der Waals surface area contributed by atoms with E-state index >= 15 is 0 Å². The number of hydrogen-bond acceptors (Lipinski definition) is 1. The van der Waals surface area contributed by atoms with Crippen molar-refractivity contribution in [3.05, 3.63) is 61.0 Å². The van der Waals surface area contributed by atoms with E-state index in [1.54, 1.807) is 0 Å². The topological polar surface area (TPSA) is 12.0 Å². The van der Waals surface area contributed by atoms with Gasteiger partial charge in [0.2, 0.25) is 0 Å². The Balaban J connectivity index is 2.11. The molecule has 18 heavy (non-hydrogen) atoms. The van der Waals surface area contributed by atoms with Gasteiger partial charge in [0, 0.05) is 20.5 Å². The van der Waals surface area contributed by atoms with Crippen LogP contribution in [0.25, 0.3) is 0 Å². The highest BCUT2D eigenvalue weighted by molar-refractivity contribution is 9.11. The molecule has 0 heterocycles. The van der Waals surface area contributed by atoms with Crippen LogP contribution in [0.2, 0.25) is 10.0 Å². The van der Waals surface area contributed by atoms with Crippen LogP contribution in [0, 0.1) is 0 Å². The van der Waals surface area contributed by atoms with Crippen LogP contribution in [0.3, 0.4) is 0 Å². The van der Waals surface area contributed by atoms with Gasteiger partial charge >= 0.3 is 0 Å². The minimum absolute atomic E-state index is 0.703. The van der Waals surface area contributed by atoms with Crippen molar-refractivity contribution in [2.75, 3.05) is 5.32 Å². The summed E-state index contributed by atoms with van der Waals surface area (Å²) in [4.78, 5) is 0. The van der Waals surface area contributed by atoms with Gasteiger partial charge in [-0.1, -0.05) is 29.3 Å². The molecule has 0 atom stereocenters. The average molecular weight is 410 g/mol. The largest absolute Gasteiger partial charge is 0.380 e. The predicted molar refractivity (Wildman–Crippen MR) is 85.6 cm³/mol. The van der Waals surface area contributed by atoms with E-state index in [-0.39, 0.29) is 0 Å². The first-order chi connectivity index (χ1) is 8.56. The third-order valence-corrected chi connectivity index (χ3v) is 4.54. The summed E-state index contributed by atoms with van der Waals surface area (Å²) in [5.41, 5.74) is 2.10. The zero-order chi connectivity index (χ0) is 13.1. The molecule has 0 radical (unpaired) electrons. The third-order valence-electron chi connectivity index (χ3n) is 2.40. The summed E-state index contributed by atoms with van der Waals surface area (Å²) in [5, 5.41) is 4.74. The van der Waals surface area contributed by atoms with Gasteiger partial charge in [0.15, 0.2) is 0 Å². The standard InChI is InChI=1S/C13H9Br2Cl2N/c14-10-3-2-9(16)6-13(10)18-7-8-1-4-12(17)11(15)5-8/h1-6,18H,7H2. The van der Waals surface area contributed by atoms with Crippen LogP contribution in [0.15, 0.2) is 45.3 Å². The minimum Gasteiger partial charge on any atom is -0.380 e. The lowest BCUT2D eigenvalue weighted by Crippen LogP contribution is -2.00. The van der Waals surface area contributed by atoms with Crippen LogP contribution in [-0.2, 0) is 6.54 Å². The molecule has 0 saturated heterocycles. The second-order valence-corrected chi connectivity index (χ2v) is 6.28. The molecule has 2 rings (SSSR count). The van der Waals surface area contributed by atoms with Crippen molar-refractivity contribution in [1.29, 1.82) is 0 Å². The molecule has 0 aliphatic rings. The molecule has 0 spiro atoms. The highest BCUT2D eigenvalue weighted by atomic mass is 79.9. The van der Waals surface area contributed by atoms with Gasteiger partial charge in [-0.15, -0.1) is 0 Å². The fraction of sp³-hybridized carbons (Fsp3) is 0.0769. The Morgan fingerprint density at radius 3 is 2.44 bits per heavy atom. The van der Waals surface area contributed by atoms with E-state index in [4.69, 9.17) is 23.2 Å². The molecule has 1 nitrogen and oxygen atoms in total. The van der Waals surface area contributed by atoms with E-state index in [0.717, 1.165) is 20.2 Å². The number of hydrogen-bond donors (Lipinski definition) is 1. The summed E-state index contributed by atoms with van der Waals surface area (Å²) >= 11 is 18.8. The Hall–Kier alpha value is -0.220. The monoisotopic (exact) mass is 407 g/mol. The average Bonchev–Trinajstić information content (AvgIpc) is 2.34. The van der Waals surface area contributed by atoms with E-state index in [9.17, 15) is 0 Å². The van der Waals surface area contributed by atoms with E-state index < -0.39 is 0 Å². The van der Waals surface area contributed by atoms with Crippen LogP contribution < -0.4 is 5.32 Å². The van der Waals surface area contributed by atoms with Gasteiger partial charge < -0.3 is 5.32 Å². The molecule has 0 aliphatic carbocycles. The van der Waals surface area contributed by atoms with Crippen LogP contribution in [0.1, 0.15) is 5.56 Å². The maximum absolute atomic E-state index is 5.96. The van der Waals surface area contributed by atoms with E-state index in [2.05, 4.69) is 37.2 Å². The molecular weight excluding hydrogens is 401 g/mol. The fourth-order valence-electron chi connectivity index (χ4n) is 1.48. The first-order valence-corrected chi connectivity index (χ1v) is 7.53. The maximum Gasteiger partial charge on any atom is 0.0548 e. The van der Waals surface area contributed by atoms with Gasteiger partial charge in [-0.2, -0.15) is 0 Å². The van der Waals surface area contributed by atoms with Gasteiger partial charge in [0.05, 0.1) is 10.7 Å². The van der Waals surface area contributed by atoms with Crippen LogP contribution in [0.5, 0.6) is 0 Å². The molecule has 0 aromatic heterocycles. The zero-order valence-corrected chi connectivity index (χ0v) is 13.9. The summed E-state index contributed by atoms with van der Waals surface area (Å²) in [6, 6.07) is 11.5. The van der Waals surface area contributed by atoms with Gasteiger partial charge in [-0.3, -0.25) is 0 Å². The van der Waals surface area contributed by atoms with Crippen molar-refractivity contribution >= 4 is 60.7 Å². The highest BCUT2D eigenvalue weighted by Crippen LogP contribution is 2.27. The summed E-state index contributed by atoms with van der Waals surface area (Å²) in [7, 11) is 0. The lowest BCUT2D eigenvalue weighted by Gasteiger charge is -2.09. The number of anilines is 1. The first-order valence-electron chi connectivity index (χ1n) is 5.19. The summed E-state index contributed by atoms with van der Waals surface area (Å²) in [6.45, 7) is 0.703. The first kappa shape index (κ1) is 14.2. The van der Waals surface area contributed by atoms with Crippen molar-refractivity contribution in [2.45, 2.75) is 6.54 Å². The van der Waals surface area contributed by atoms with E-state index in [0.29, 0.717) is 16.6 Å². The molecule has 0 fully saturated rings. The Bertz CT molecular complexity index is 573. The van der Waals surface area contributed by atoms with Gasteiger partial charge in [-0.05, 0) is 67.8 Å². The molecule has 0 bridgehead atoms. The van der Waals surface area contributed by atoms with Gasteiger partial charge in [0.25, 0.3) is 0 Å². The Labute approximate surface area is 133 Å². The molecule has 0 unspecified atom stereocenters. The van der Waals surface area contributed by atoms with E-state index in [1.165, 1.54) is 0 Å². The lowest BCUT2D eigenvalue weighted by molar-refractivity contribution is 1.14. The van der Waals surface area contributed by atoms with Crippen molar-refractivity contribution in [3.63, 3.8) is 0 Å². The molecule has 1 N–H and O–H groups in total. The van der Waals surface area contributed by atoms with Gasteiger partial charge in [-0.25, -0.2) is 0 Å². The summed E-state index contributed by atoms with van der Waals surface area (Å²) in [6.07, 6.45) is 0. The van der Waals surface area contributed by atoms with E-state index in [1.807, 2.05) is 36.4 Å². The number of halogens is 4. The smallest absolute Gasteiger partial charge is 0.0548 e. The number of rotatable bonds is 3. The third kappa shape index (κ3) is 3.64. The van der Waals surface area contributed by atoms with Crippen molar-refractivity contribution in [2.24, 2.45) is 0 Å². The van der Waals surface area contributed by atoms with Crippen molar-refractivity contribution in [1.82, 2.24) is 0 Å². The Morgan fingerprint density at radius 1 is 0.944 bits per heavy atom. The minimum atomic E-state index is 0.703. The fourth-order valence-corrected chi connectivity index (χ4v) is 2.58. The van der Waals surface area contributed by atoms with Crippen LogP contribution in [0.4, 0.5) is 5.69 Å². The molecule has 0 aliphatic heterocycles. The molecule has 0 saturated carbocycles. The summed E-state index contributed by atoms with van der Waals surface area (Å²) in [5.74, 6) is 0.